The van der Waals surface area contributed by atoms with E-state index in [-0.39, 0.29) is 6.79 Å². The zero-order valence-corrected chi connectivity index (χ0v) is 17.4. The van der Waals surface area contributed by atoms with Gasteiger partial charge in [-0.25, -0.2) is 4.79 Å². The molecule has 0 saturated carbocycles. The van der Waals surface area contributed by atoms with Gasteiger partial charge in [-0.15, -0.1) is 0 Å². The molecule has 0 N–H and O–H groups in total. The number of rotatable bonds is 5. The normalized spacial score (nSPS) is 16.3. The van der Waals surface area contributed by atoms with Gasteiger partial charge >= 0.3 is 5.97 Å². The summed E-state index contributed by atoms with van der Waals surface area (Å²) in [5.74, 6) is 2.29. The van der Waals surface area contributed by atoms with Crippen molar-refractivity contribution in [2.24, 2.45) is 0 Å². The number of benzene rings is 3. The Balaban J connectivity index is 1.93. The quantitative estimate of drug-likeness (QED) is 0.567. The molecule has 1 atom stereocenters. The average molecular weight is 424 g/mol. The van der Waals surface area contributed by atoms with Crippen LogP contribution in [0.3, 0.4) is 0 Å². The topological polar surface area (TPSA) is 81.7 Å². The van der Waals surface area contributed by atoms with Gasteiger partial charge in [0.2, 0.25) is 13.1 Å². The predicted molar refractivity (Wildman–Crippen MR) is 110 cm³/mol. The van der Waals surface area contributed by atoms with Crippen molar-refractivity contribution in [1.82, 2.24) is 0 Å². The molecule has 2 aliphatic heterocycles. The van der Waals surface area contributed by atoms with Crippen molar-refractivity contribution in [2.45, 2.75) is 6.29 Å². The smallest absolute Gasteiger partial charge is 0.342 e. The molecule has 8 heteroatoms. The molecule has 3 aromatic rings. The molecule has 0 saturated heterocycles. The van der Waals surface area contributed by atoms with Crippen molar-refractivity contribution in [3.05, 3.63) is 41.5 Å². The number of hydrogen-bond donors (Lipinski definition) is 0. The maximum Gasteiger partial charge on any atom is 0.342 e. The van der Waals surface area contributed by atoms with Crippen LogP contribution in [-0.2, 0) is 9.47 Å². The molecule has 2 heterocycles. The molecular formula is C23H20O8. The molecule has 1 unspecified atom stereocenters. The SMILES string of the molecule is COc1cc2c(OC)c3c(c(-c4ccc5c(c4)OCO5)c2cc1OC)C(=O)OC3OC. The zero-order chi connectivity index (χ0) is 21.7. The standard InChI is InChI=1S/C23H20O8/c1-25-15-8-12-13(9-16(15)26-2)21(27-3)20-19(22(24)31-23(20)28-4)18(12)11-5-6-14-17(7-11)30-10-29-14/h5-9,23H,10H2,1-4H3. The molecule has 0 fully saturated rings. The lowest BCUT2D eigenvalue weighted by Crippen LogP contribution is -2.03. The van der Waals surface area contributed by atoms with E-state index in [2.05, 4.69) is 0 Å². The Morgan fingerprint density at radius 1 is 0.839 bits per heavy atom. The van der Waals surface area contributed by atoms with E-state index in [0.717, 1.165) is 16.3 Å². The fraction of sp³-hybridized carbons (Fsp3) is 0.261. The summed E-state index contributed by atoms with van der Waals surface area (Å²) in [5.41, 5.74) is 2.33. The lowest BCUT2D eigenvalue weighted by atomic mass is 9.89. The van der Waals surface area contributed by atoms with Gasteiger partial charge in [0, 0.05) is 18.1 Å². The van der Waals surface area contributed by atoms with Gasteiger partial charge in [-0.2, -0.15) is 0 Å². The Labute approximate surface area is 178 Å². The summed E-state index contributed by atoms with van der Waals surface area (Å²) >= 11 is 0. The van der Waals surface area contributed by atoms with Gasteiger partial charge < -0.3 is 33.2 Å². The number of ether oxygens (including phenoxy) is 7. The van der Waals surface area contributed by atoms with Gasteiger partial charge in [0.05, 0.1) is 32.5 Å². The lowest BCUT2D eigenvalue weighted by molar-refractivity contribution is -0.0822. The van der Waals surface area contributed by atoms with Gasteiger partial charge in [-0.05, 0) is 35.2 Å². The monoisotopic (exact) mass is 424 g/mol. The first kappa shape index (κ1) is 19.3. The Morgan fingerprint density at radius 3 is 2.23 bits per heavy atom. The molecule has 160 valence electrons. The number of methoxy groups -OCH3 is 4. The predicted octanol–water partition coefficient (Wildman–Crippen LogP) is 4.08. The summed E-state index contributed by atoms with van der Waals surface area (Å²) < 4.78 is 38.7. The third-order valence-electron chi connectivity index (χ3n) is 5.53. The van der Waals surface area contributed by atoms with Crippen molar-refractivity contribution in [1.29, 1.82) is 0 Å². The molecule has 8 nitrogen and oxygen atoms in total. The number of fused-ring (bicyclic) bond motifs is 3. The number of cyclic esters (lactones) is 1. The minimum absolute atomic E-state index is 0.152. The van der Waals surface area contributed by atoms with Crippen LogP contribution in [-0.4, -0.2) is 41.2 Å². The maximum atomic E-state index is 13.0. The van der Waals surface area contributed by atoms with Crippen molar-refractivity contribution in [2.75, 3.05) is 35.2 Å². The van der Waals surface area contributed by atoms with E-state index >= 15 is 0 Å². The highest BCUT2D eigenvalue weighted by atomic mass is 16.7. The maximum absolute atomic E-state index is 13.0. The van der Waals surface area contributed by atoms with E-state index in [1.165, 1.54) is 7.11 Å². The molecule has 0 aliphatic carbocycles. The summed E-state index contributed by atoms with van der Waals surface area (Å²) in [6, 6.07) is 9.17. The fourth-order valence-electron chi connectivity index (χ4n) is 4.19. The molecule has 31 heavy (non-hydrogen) atoms. The number of carbonyl (C=O) groups excluding carboxylic acids is 1. The molecule has 0 amide bonds. The van der Waals surface area contributed by atoms with Crippen LogP contribution in [0.1, 0.15) is 22.2 Å². The van der Waals surface area contributed by atoms with E-state index in [4.69, 9.17) is 33.2 Å². The van der Waals surface area contributed by atoms with Crippen LogP contribution in [0.25, 0.3) is 21.9 Å². The van der Waals surface area contributed by atoms with Crippen LogP contribution in [0.15, 0.2) is 30.3 Å². The van der Waals surface area contributed by atoms with Crippen LogP contribution in [0.2, 0.25) is 0 Å². The van der Waals surface area contributed by atoms with Crippen LogP contribution in [0.4, 0.5) is 0 Å². The third kappa shape index (κ3) is 2.75. The molecule has 5 rings (SSSR count). The number of carbonyl (C=O) groups is 1. The number of hydrogen-bond acceptors (Lipinski definition) is 8. The molecule has 0 radical (unpaired) electrons. The second kappa shape index (κ2) is 7.24. The highest BCUT2D eigenvalue weighted by Gasteiger charge is 2.39. The molecular weight excluding hydrogens is 404 g/mol. The first-order chi connectivity index (χ1) is 15.1. The van der Waals surface area contributed by atoms with Gasteiger partial charge in [0.1, 0.15) is 5.75 Å². The van der Waals surface area contributed by atoms with E-state index in [1.54, 1.807) is 21.3 Å². The van der Waals surface area contributed by atoms with E-state index in [1.807, 2.05) is 30.3 Å². The van der Waals surface area contributed by atoms with Crippen molar-refractivity contribution in [3.63, 3.8) is 0 Å². The highest BCUT2D eigenvalue weighted by Crippen LogP contribution is 2.51. The van der Waals surface area contributed by atoms with Crippen molar-refractivity contribution < 1.29 is 38.0 Å². The second-order valence-electron chi connectivity index (χ2n) is 6.99. The molecule has 0 bridgehead atoms. The Bertz CT molecular complexity index is 1220. The molecule has 0 aromatic heterocycles. The van der Waals surface area contributed by atoms with E-state index in [9.17, 15) is 4.79 Å². The zero-order valence-electron chi connectivity index (χ0n) is 17.4. The Hall–Kier alpha value is -3.65. The third-order valence-corrected chi connectivity index (χ3v) is 5.53. The summed E-state index contributed by atoms with van der Waals surface area (Å²) in [5, 5.41) is 1.47. The summed E-state index contributed by atoms with van der Waals surface area (Å²) in [7, 11) is 6.14. The summed E-state index contributed by atoms with van der Waals surface area (Å²) in [4.78, 5) is 13.0. The minimum atomic E-state index is -0.886. The second-order valence-corrected chi connectivity index (χ2v) is 6.99. The van der Waals surface area contributed by atoms with Crippen molar-refractivity contribution >= 4 is 16.7 Å². The highest BCUT2D eigenvalue weighted by molar-refractivity contribution is 6.14. The van der Waals surface area contributed by atoms with Crippen LogP contribution in [0, 0.1) is 0 Å². The minimum Gasteiger partial charge on any atom is -0.496 e. The lowest BCUT2D eigenvalue weighted by Gasteiger charge is -2.19. The number of esters is 1. The Morgan fingerprint density at radius 2 is 1.55 bits per heavy atom. The van der Waals surface area contributed by atoms with E-state index in [0.29, 0.717) is 45.4 Å². The summed E-state index contributed by atoms with van der Waals surface area (Å²) in [6.07, 6.45) is -0.886. The van der Waals surface area contributed by atoms with Crippen LogP contribution in [0.5, 0.6) is 28.7 Å². The van der Waals surface area contributed by atoms with Gasteiger partial charge in [-0.1, -0.05) is 6.07 Å². The Kier molecular flexibility index (Phi) is 4.51. The van der Waals surface area contributed by atoms with Gasteiger partial charge in [-0.3, -0.25) is 0 Å². The largest absolute Gasteiger partial charge is 0.496 e. The first-order valence-electron chi connectivity index (χ1n) is 9.54. The van der Waals surface area contributed by atoms with E-state index < -0.39 is 12.3 Å². The summed E-state index contributed by atoms with van der Waals surface area (Å²) in [6.45, 7) is 0.152. The molecule has 2 aliphatic rings. The fourth-order valence-corrected chi connectivity index (χ4v) is 4.19. The van der Waals surface area contributed by atoms with Crippen LogP contribution < -0.4 is 23.7 Å². The molecule has 0 spiro atoms. The first-order valence-corrected chi connectivity index (χ1v) is 9.54. The van der Waals surface area contributed by atoms with Gasteiger partial charge in [0.15, 0.2) is 23.0 Å². The average Bonchev–Trinajstić information content (AvgIpc) is 3.40. The van der Waals surface area contributed by atoms with Crippen LogP contribution >= 0.6 is 0 Å². The molecule has 3 aromatic carbocycles. The van der Waals surface area contributed by atoms with Gasteiger partial charge in [0.25, 0.3) is 0 Å². The van der Waals surface area contributed by atoms with Crippen molar-refractivity contribution in [3.8, 4) is 39.9 Å².